The number of fused-ring (bicyclic) bond motifs is 4. The van der Waals surface area contributed by atoms with Crippen molar-refractivity contribution in [1.82, 2.24) is 19.9 Å². The van der Waals surface area contributed by atoms with E-state index in [1.54, 1.807) is 0 Å². The van der Waals surface area contributed by atoms with Crippen molar-refractivity contribution in [2.24, 2.45) is 0 Å². The highest BCUT2D eigenvalue weighted by atomic mass is 14.9. The Kier molecular flexibility index (Phi) is 8.18. The molecule has 0 spiro atoms. The number of hydrogen-bond donors (Lipinski definition) is 0. The van der Waals surface area contributed by atoms with Gasteiger partial charge in [0.25, 0.3) is 0 Å². The van der Waals surface area contributed by atoms with Gasteiger partial charge >= 0.3 is 0 Å². The number of benzene rings is 10. The van der Waals surface area contributed by atoms with Crippen LogP contribution in [0, 0.1) is 0 Å². The Hall–Kier alpha value is -8.60. The third-order valence-corrected chi connectivity index (χ3v) is 12.8. The predicted molar refractivity (Wildman–Crippen MR) is 266 cm³/mol. The smallest absolute Gasteiger partial charge is 0.160 e. The van der Waals surface area contributed by atoms with Gasteiger partial charge in [-0.25, -0.2) is 19.9 Å². The Morgan fingerprint density at radius 2 is 0.812 bits per heavy atom. The molecule has 13 aromatic rings. The molecule has 0 saturated carbocycles. The van der Waals surface area contributed by atoms with E-state index >= 15 is 0 Å². The van der Waals surface area contributed by atoms with E-state index in [9.17, 15) is 0 Å². The first kappa shape index (κ1) is 36.1. The van der Waals surface area contributed by atoms with Crippen molar-refractivity contribution in [3.63, 3.8) is 0 Å². The molecule has 4 heteroatoms. The van der Waals surface area contributed by atoms with Crippen molar-refractivity contribution in [2.45, 2.75) is 0 Å². The molecule has 0 fully saturated rings. The summed E-state index contributed by atoms with van der Waals surface area (Å²) >= 11 is 0. The van der Waals surface area contributed by atoms with Crippen LogP contribution >= 0.6 is 0 Å². The largest absolute Gasteiger partial charge is 0.245 e. The lowest BCUT2D eigenvalue weighted by Crippen LogP contribution is -1.95. The summed E-state index contributed by atoms with van der Waals surface area (Å²) in [5.74, 6) is 0.719. The zero-order chi connectivity index (χ0) is 42.1. The summed E-state index contributed by atoms with van der Waals surface area (Å²) < 4.78 is 0. The molecule has 0 bridgehead atoms. The van der Waals surface area contributed by atoms with E-state index in [0.29, 0.717) is 0 Å². The topological polar surface area (TPSA) is 51.6 Å². The van der Waals surface area contributed by atoms with E-state index in [1.165, 1.54) is 43.4 Å². The molecule has 0 amide bonds. The summed E-state index contributed by atoms with van der Waals surface area (Å²) in [6.07, 6.45) is 0. The fraction of sp³-hybridized carbons (Fsp3) is 0. The normalized spacial score (nSPS) is 11.8. The third kappa shape index (κ3) is 5.99. The van der Waals surface area contributed by atoms with Crippen LogP contribution in [0.15, 0.2) is 218 Å². The van der Waals surface area contributed by atoms with Crippen LogP contribution in [-0.4, -0.2) is 19.9 Å². The zero-order valence-electron chi connectivity index (χ0n) is 34.6. The SMILES string of the molecule is c1ccc(-c2nc(-c3ccccc3)c3cc(-c4ccc(-c5ccc6ccc7ccc(-c8cccc(-c9ccc%10ccc%11cccc%12ccc9c%10c%11%12)c8)nc7c6n5)cc4)ccc3n2)cc1. The quantitative estimate of drug-likeness (QED) is 0.157. The summed E-state index contributed by atoms with van der Waals surface area (Å²) in [6.45, 7) is 0. The van der Waals surface area contributed by atoms with Gasteiger partial charge in [0.2, 0.25) is 0 Å². The fourth-order valence-corrected chi connectivity index (χ4v) is 9.60. The van der Waals surface area contributed by atoms with E-state index in [-0.39, 0.29) is 0 Å². The molecule has 3 heterocycles. The molecule has 296 valence electrons. The van der Waals surface area contributed by atoms with Crippen molar-refractivity contribution < 1.29 is 0 Å². The van der Waals surface area contributed by atoms with Crippen LogP contribution in [-0.2, 0) is 0 Å². The maximum atomic E-state index is 5.33. The van der Waals surface area contributed by atoms with Crippen LogP contribution in [0.1, 0.15) is 0 Å². The Balaban J connectivity index is 0.852. The van der Waals surface area contributed by atoms with Gasteiger partial charge in [-0.15, -0.1) is 0 Å². The lowest BCUT2D eigenvalue weighted by molar-refractivity contribution is 1.23. The van der Waals surface area contributed by atoms with Crippen molar-refractivity contribution in [3.8, 4) is 67.4 Å². The third-order valence-electron chi connectivity index (χ3n) is 12.8. The minimum absolute atomic E-state index is 0.719. The van der Waals surface area contributed by atoms with Crippen molar-refractivity contribution in [1.29, 1.82) is 0 Å². The van der Waals surface area contributed by atoms with E-state index in [4.69, 9.17) is 19.9 Å². The molecule has 0 saturated heterocycles. The van der Waals surface area contributed by atoms with E-state index < -0.39 is 0 Å². The highest BCUT2D eigenvalue weighted by molar-refractivity contribution is 6.25. The van der Waals surface area contributed by atoms with Gasteiger partial charge in [0.1, 0.15) is 0 Å². The molecule has 0 N–H and O–H groups in total. The second-order valence-electron chi connectivity index (χ2n) is 16.6. The summed E-state index contributed by atoms with van der Waals surface area (Å²) in [7, 11) is 0. The number of rotatable bonds is 6. The first-order valence-electron chi connectivity index (χ1n) is 21.7. The van der Waals surface area contributed by atoms with Crippen LogP contribution in [0.2, 0.25) is 0 Å². The molecule has 0 aliphatic heterocycles. The Morgan fingerprint density at radius 3 is 1.55 bits per heavy atom. The second kappa shape index (κ2) is 14.5. The Bertz CT molecular complexity index is 3920. The number of aromatic nitrogens is 4. The molecular formula is C60H36N4. The van der Waals surface area contributed by atoms with Crippen LogP contribution in [0.25, 0.3) is 132 Å². The minimum atomic E-state index is 0.719. The Labute approximate surface area is 369 Å². The van der Waals surface area contributed by atoms with Crippen molar-refractivity contribution in [2.75, 3.05) is 0 Å². The van der Waals surface area contributed by atoms with E-state index in [1.807, 2.05) is 24.3 Å². The molecule has 4 nitrogen and oxygen atoms in total. The highest BCUT2D eigenvalue weighted by Crippen LogP contribution is 2.40. The van der Waals surface area contributed by atoms with Crippen LogP contribution in [0.3, 0.4) is 0 Å². The second-order valence-corrected chi connectivity index (χ2v) is 16.6. The Morgan fingerprint density at radius 1 is 0.266 bits per heavy atom. The first-order chi connectivity index (χ1) is 31.7. The van der Waals surface area contributed by atoms with Gasteiger partial charge in [-0.05, 0) is 84.9 Å². The number of nitrogens with zero attached hydrogens (tertiary/aromatic N) is 4. The molecule has 0 atom stereocenters. The molecule has 64 heavy (non-hydrogen) atoms. The molecule has 3 aromatic heterocycles. The van der Waals surface area contributed by atoms with Gasteiger partial charge in [-0.3, -0.25) is 0 Å². The van der Waals surface area contributed by atoms with Crippen LogP contribution in [0.4, 0.5) is 0 Å². The van der Waals surface area contributed by atoms with Gasteiger partial charge < -0.3 is 0 Å². The van der Waals surface area contributed by atoms with Gasteiger partial charge in [0.05, 0.1) is 33.6 Å². The van der Waals surface area contributed by atoms with Crippen molar-refractivity contribution in [3.05, 3.63) is 218 Å². The van der Waals surface area contributed by atoms with Crippen LogP contribution in [0.5, 0.6) is 0 Å². The summed E-state index contributed by atoms with van der Waals surface area (Å²) in [4.78, 5) is 20.7. The molecule has 0 aliphatic rings. The summed E-state index contributed by atoms with van der Waals surface area (Å²) in [5.41, 5.74) is 14.2. The van der Waals surface area contributed by atoms with Gasteiger partial charge in [0.15, 0.2) is 5.82 Å². The predicted octanol–water partition coefficient (Wildman–Crippen LogP) is 15.6. The van der Waals surface area contributed by atoms with Crippen molar-refractivity contribution >= 4 is 65.0 Å². The van der Waals surface area contributed by atoms with E-state index in [0.717, 1.165) is 89.0 Å². The summed E-state index contributed by atoms with van der Waals surface area (Å²) in [6, 6.07) is 77.5. The number of pyridine rings is 2. The molecule has 0 aliphatic carbocycles. The monoisotopic (exact) mass is 812 g/mol. The number of hydrogen-bond acceptors (Lipinski definition) is 4. The van der Waals surface area contributed by atoms with Gasteiger partial charge in [0, 0.05) is 38.4 Å². The standard InChI is InChI=1S/C60H36N4/c1-3-9-42(10-4-1)57-51-36-46(29-34-54(51)63-60(64-57)45-11-5-2-6-12-45)37-17-19-38(20-18-37)52-32-27-43-23-24-44-28-33-53(62-59(44)58(43)61-52)48-16-8-15-47(35-48)49-30-25-41-22-21-39-13-7-14-40-26-31-50(49)56(41)55(39)40/h1-36H. The molecule has 13 rings (SSSR count). The molecule has 0 unspecified atom stereocenters. The lowest BCUT2D eigenvalue weighted by atomic mass is 9.89. The minimum Gasteiger partial charge on any atom is -0.245 e. The van der Waals surface area contributed by atoms with Gasteiger partial charge in [-0.1, -0.05) is 188 Å². The molecule has 10 aromatic carbocycles. The first-order valence-corrected chi connectivity index (χ1v) is 21.7. The average molecular weight is 813 g/mol. The van der Waals surface area contributed by atoms with Gasteiger partial charge in [-0.2, -0.15) is 0 Å². The maximum Gasteiger partial charge on any atom is 0.160 e. The maximum absolute atomic E-state index is 5.33. The summed E-state index contributed by atoms with van der Waals surface area (Å²) in [5, 5.41) is 10.9. The average Bonchev–Trinajstić information content (AvgIpc) is 3.37. The fourth-order valence-electron chi connectivity index (χ4n) is 9.60. The highest BCUT2D eigenvalue weighted by Gasteiger charge is 2.16. The molecule has 0 radical (unpaired) electrons. The lowest BCUT2D eigenvalue weighted by Gasteiger charge is -2.15. The van der Waals surface area contributed by atoms with E-state index in [2.05, 4.69) is 194 Å². The zero-order valence-corrected chi connectivity index (χ0v) is 34.6. The van der Waals surface area contributed by atoms with Crippen LogP contribution < -0.4 is 0 Å². The molecular weight excluding hydrogens is 777 g/mol.